The molecule has 0 heterocycles. The fourth-order valence-corrected chi connectivity index (χ4v) is 1.80. The van der Waals surface area contributed by atoms with Crippen LogP contribution in [0.1, 0.15) is 46.5 Å². The third-order valence-corrected chi connectivity index (χ3v) is 2.48. The minimum Gasteiger partial charge on any atom is -0.295 e. The molecule has 1 aliphatic carbocycles. The lowest BCUT2D eigenvalue weighted by atomic mass is 9.80. The summed E-state index contributed by atoms with van der Waals surface area (Å²) in [6.07, 6.45) is 6.02. The minimum absolute atomic E-state index is 0.217. The Bertz CT molecular complexity index is 211. The van der Waals surface area contributed by atoms with E-state index in [1.54, 1.807) is 0 Å². The van der Waals surface area contributed by atoms with Crippen molar-refractivity contribution in [1.82, 2.24) is 0 Å². The van der Waals surface area contributed by atoms with Gasteiger partial charge in [0.15, 0.2) is 5.78 Å². The molecule has 0 aromatic carbocycles. The van der Waals surface area contributed by atoms with Crippen molar-refractivity contribution in [2.45, 2.75) is 46.5 Å². The summed E-state index contributed by atoms with van der Waals surface area (Å²) in [5.74, 6) is 0.303. The summed E-state index contributed by atoms with van der Waals surface area (Å²) in [4.78, 5) is 11.4. The zero-order chi connectivity index (χ0) is 9.19. The minimum atomic E-state index is 0.217. The predicted octanol–water partition coefficient (Wildman–Crippen LogP) is 3.10. The Hall–Kier alpha value is -0.590. The second-order valence-electron chi connectivity index (χ2n) is 4.65. The fraction of sp³-hybridized carbons (Fsp3) is 0.727. The molecule has 0 radical (unpaired) electrons. The van der Waals surface area contributed by atoms with Gasteiger partial charge >= 0.3 is 0 Å². The molecule has 0 amide bonds. The number of ketones is 1. The Kier molecular flexibility index (Phi) is 2.71. The maximum absolute atomic E-state index is 11.4. The van der Waals surface area contributed by atoms with E-state index in [4.69, 9.17) is 0 Å². The van der Waals surface area contributed by atoms with Crippen LogP contribution in [0.4, 0.5) is 0 Å². The van der Waals surface area contributed by atoms with Gasteiger partial charge < -0.3 is 0 Å². The van der Waals surface area contributed by atoms with Gasteiger partial charge in [0.05, 0.1) is 0 Å². The van der Waals surface area contributed by atoms with Crippen LogP contribution in [0.5, 0.6) is 0 Å². The summed E-state index contributed by atoms with van der Waals surface area (Å²) in [5.41, 5.74) is 1.46. The Morgan fingerprint density at radius 2 is 2.08 bits per heavy atom. The molecule has 0 spiro atoms. The van der Waals surface area contributed by atoms with Crippen LogP contribution < -0.4 is 0 Å². The zero-order valence-corrected chi connectivity index (χ0v) is 8.31. The highest BCUT2D eigenvalue weighted by Gasteiger charge is 2.22. The molecular weight excluding hydrogens is 148 g/mol. The molecule has 1 nitrogen and oxygen atoms in total. The van der Waals surface area contributed by atoms with Crippen LogP contribution >= 0.6 is 0 Å². The molecule has 12 heavy (non-hydrogen) atoms. The van der Waals surface area contributed by atoms with Crippen LogP contribution in [-0.2, 0) is 4.79 Å². The van der Waals surface area contributed by atoms with Crippen LogP contribution in [0.15, 0.2) is 11.6 Å². The van der Waals surface area contributed by atoms with E-state index in [2.05, 4.69) is 20.8 Å². The monoisotopic (exact) mass is 166 g/mol. The molecular formula is C11H18O. The fourth-order valence-electron chi connectivity index (χ4n) is 1.80. The highest BCUT2D eigenvalue weighted by Crippen LogP contribution is 2.30. The predicted molar refractivity (Wildman–Crippen MR) is 51.0 cm³/mol. The van der Waals surface area contributed by atoms with Crippen molar-refractivity contribution in [3.8, 4) is 0 Å². The number of hydrogen-bond donors (Lipinski definition) is 0. The average Bonchev–Trinajstić information content (AvgIpc) is 1.81. The second kappa shape index (κ2) is 3.42. The number of allylic oxidation sites excluding steroid dienone is 2. The van der Waals surface area contributed by atoms with Crippen LogP contribution in [0.2, 0.25) is 0 Å². The van der Waals surface area contributed by atoms with Crippen molar-refractivity contribution < 1.29 is 4.79 Å². The van der Waals surface area contributed by atoms with Gasteiger partial charge in [0.1, 0.15) is 0 Å². The van der Waals surface area contributed by atoms with E-state index in [0.717, 1.165) is 6.42 Å². The second-order valence-corrected chi connectivity index (χ2v) is 4.65. The van der Waals surface area contributed by atoms with E-state index >= 15 is 0 Å². The smallest absolute Gasteiger partial charge is 0.156 e. The molecule has 0 N–H and O–H groups in total. The van der Waals surface area contributed by atoms with Crippen molar-refractivity contribution in [2.24, 2.45) is 5.41 Å². The molecule has 0 aromatic heterocycles. The number of rotatable bonds is 0. The standard InChI is InChI=1S/C11H18O/c1-9-5-4-6-11(2,3)8-10(12)7-9/h7H,4-6,8H2,1-3H3/b9-7-. The van der Waals surface area contributed by atoms with Crippen LogP contribution in [-0.4, -0.2) is 5.78 Å². The number of carbonyl (C=O) groups is 1. The summed E-state index contributed by atoms with van der Waals surface area (Å²) < 4.78 is 0. The quantitative estimate of drug-likeness (QED) is 0.540. The highest BCUT2D eigenvalue weighted by atomic mass is 16.1. The van der Waals surface area contributed by atoms with Gasteiger partial charge in [-0.25, -0.2) is 0 Å². The first kappa shape index (κ1) is 9.50. The van der Waals surface area contributed by atoms with Gasteiger partial charge in [-0.15, -0.1) is 0 Å². The molecule has 1 heteroatoms. The van der Waals surface area contributed by atoms with Crippen LogP contribution in [0.25, 0.3) is 0 Å². The van der Waals surface area contributed by atoms with Gasteiger partial charge in [0, 0.05) is 6.42 Å². The maximum Gasteiger partial charge on any atom is 0.156 e. The van der Waals surface area contributed by atoms with Crippen molar-refractivity contribution in [3.63, 3.8) is 0 Å². The molecule has 1 aliphatic rings. The third-order valence-electron chi connectivity index (χ3n) is 2.48. The molecule has 0 aromatic rings. The van der Waals surface area contributed by atoms with Gasteiger partial charge in [-0.2, -0.15) is 0 Å². The molecule has 0 atom stereocenters. The van der Waals surface area contributed by atoms with E-state index in [-0.39, 0.29) is 5.41 Å². The molecule has 68 valence electrons. The van der Waals surface area contributed by atoms with Gasteiger partial charge in [-0.1, -0.05) is 19.4 Å². The molecule has 0 saturated heterocycles. The Labute approximate surface area is 74.9 Å². The molecule has 0 fully saturated rings. The maximum atomic E-state index is 11.4. The lowest BCUT2D eigenvalue weighted by Gasteiger charge is -2.24. The molecule has 0 aliphatic heterocycles. The van der Waals surface area contributed by atoms with E-state index in [1.807, 2.05) is 6.08 Å². The van der Waals surface area contributed by atoms with Crippen LogP contribution in [0.3, 0.4) is 0 Å². The van der Waals surface area contributed by atoms with Gasteiger partial charge in [-0.05, 0) is 37.7 Å². The van der Waals surface area contributed by atoms with Gasteiger partial charge in [0.25, 0.3) is 0 Å². The Morgan fingerprint density at radius 3 is 2.75 bits per heavy atom. The zero-order valence-electron chi connectivity index (χ0n) is 8.31. The normalized spacial score (nSPS) is 28.6. The average molecular weight is 166 g/mol. The summed E-state index contributed by atoms with van der Waals surface area (Å²) >= 11 is 0. The third kappa shape index (κ3) is 2.80. The SMILES string of the molecule is C/C1=C/C(=O)CC(C)(C)CCC1. The molecule has 0 unspecified atom stereocenters. The van der Waals surface area contributed by atoms with Gasteiger partial charge in [-0.3, -0.25) is 4.79 Å². The van der Waals surface area contributed by atoms with E-state index in [0.29, 0.717) is 12.2 Å². The molecule has 1 rings (SSSR count). The summed E-state index contributed by atoms with van der Waals surface area (Å²) in [7, 11) is 0. The van der Waals surface area contributed by atoms with Crippen molar-refractivity contribution >= 4 is 5.78 Å². The van der Waals surface area contributed by atoms with Crippen molar-refractivity contribution in [3.05, 3.63) is 11.6 Å². The largest absolute Gasteiger partial charge is 0.295 e. The molecule has 0 bridgehead atoms. The van der Waals surface area contributed by atoms with Crippen molar-refractivity contribution in [2.75, 3.05) is 0 Å². The van der Waals surface area contributed by atoms with Gasteiger partial charge in [0.2, 0.25) is 0 Å². The van der Waals surface area contributed by atoms with Crippen molar-refractivity contribution in [1.29, 1.82) is 0 Å². The lowest BCUT2D eigenvalue weighted by molar-refractivity contribution is -0.116. The first-order chi connectivity index (χ1) is 5.49. The highest BCUT2D eigenvalue weighted by molar-refractivity contribution is 5.90. The Balaban J connectivity index is 2.72. The summed E-state index contributed by atoms with van der Waals surface area (Å²) in [6.45, 7) is 6.41. The van der Waals surface area contributed by atoms with E-state index in [1.165, 1.54) is 18.4 Å². The van der Waals surface area contributed by atoms with Crippen LogP contribution in [0, 0.1) is 5.41 Å². The van der Waals surface area contributed by atoms with E-state index < -0.39 is 0 Å². The lowest BCUT2D eigenvalue weighted by Crippen LogP contribution is -2.17. The first-order valence-electron chi connectivity index (χ1n) is 4.70. The first-order valence-corrected chi connectivity index (χ1v) is 4.70. The topological polar surface area (TPSA) is 17.1 Å². The number of hydrogen-bond acceptors (Lipinski definition) is 1. The molecule has 0 saturated carbocycles. The van der Waals surface area contributed by atoms with E-state index in [9.17, 15) is 4.79 Å². The summed E-state index contributed by atoms with van der Waals surface area (Å²) in [5, 5.41) is 0. The summed E-state index contributed by atoms with van der Waals surface area (Å²) in [6, 6.07) is 0. The number of carbonyl (C=O) groups excluding carboxylic acids is 1. The Morgan fingerprint density at radius 1 is 1.42 bits per heavy atom.